The molecule has 0 spiro atoms. The van der Waals surface area contributed by atoms with Crippen LogP contribution in [0.15, 0.2) is 59.4 Å². The maximum Gasteiger partial charge on any atom is 0.264 e. The van der Waals surface area contributed by atoms with Gasteiger partial charge in [0.25, 0.3) is 5.56 Å². The number of hydrogen-bond donors (Lipinski definition) is 1. The van der Waals surface area contributed by atoms with Crippen molar-refractivity contribution in [2.75, 3.05) is 0 Å². The van der Waals surface area contributed by atoms with E-state index in [9.17, 15) is 4.79 Å². The first-order valence-electron chi connectivity index (χ1n) is 8.04. The third-order valence-corrected chi connectivity index (χ3v) is 3.81. The van der Waals surface area contributed by atoms with Crippen molar-refractivity contribution in [3.05, 3.63) is 87.3 Å². The minimum absolute atomic E-state index is 0.190. The molecule has 3 rings (SSSR count). The van der Waals surface area contributed by atoms with Crippen molar-refractivity contribution in [3.8, 4) is 11.5 Å². The minimum Gasteiger partial charge on any atom is -0.457 e. The zero-order chi connectivity index (χ0) is 16.9. The summed E-state index contributed by atoms with van der Waals surface area (Å²) in [4.78, 5) is 11.1. The van der Waals surface area contributed by atoms with Crippen LogP contribution in [0.3, 0.4) is 0 Å². The van der Waals surface area contributed by atoms with Crippen LogP contribution in [0.4, 0.5) is 0 Å². The molecule has 1 heterocycles. The molecule has 0 aliphatic carbocycles. The summed E-state index contributed by atoms with van der Waals surface area (Å²) in [5, 5.41) is 6.55. The number of aromatic amines is 1. The average molecular weight is 320 g/mol. The van der Waals surface area contributed by atoms with Gasteiger partial charge in [-0.15, -0.1) is 0 Å². The zero-order valence-electron chi connectivity index (χ0n) is 13.9. The number of aromatic nitrogens is 2. The molecule has 0 bridgehead atoms. The predicted molar refractivity (Wildman–Crippen MR) is 94.7 cm³/mol. The summed E-state index contributed by atoms with van der Waals surface area (Å²) in [5.74, 6) is 1.64. The van der Waals surface area contributed by atoms with E-state index in [2.05, 4.69) is 36.2 Å². The van der Waals surface area contributed by atoms with E-state index < -0.39 is 0 Å². The number of benzene rings is 2. The minimum atomic E-state index is -0.190. The lowest BCUT2D eigenvalue weighted by Crippen LogP contribution is -2.07. The number of hydrogen-bond acceptors (Lipinski definition) is 3. The van der Waals surface area contributed by atoms with E-state index in [1.165, 1.54) is 17.2 Å². The highest BCUT2D eigenvalue weighted by Gasteiger charge is 2.05. The number of ether oxygens (including phenoxy) is 1. The highest BCUT2D eigenvalue weighted by molar-refractivity contribution is 5.39. The van der Waals surface area contributed by atoms with E-state index in [1.807, 2.05) is 30.3 Å². The quantitative estimate of drug-likeness (QED) is 0.772. The number of nitrogens with zero attached hydrogens (tertiary/aromatic N) is 1. The fourth-order valence-electron chi connectivity index (χ4n) is 2.52. The summed E-state index contributed by atoms with van der Waals surface area (Å²) >= 11 is 0. The number of rotatable bonds is 5. The monoisotopic (exact) mass is 320 g/mol. The molecule has 0 aliphatic rings. The SMILES string of the molecule is CCc1cc(Cc2ccc(=O)[nH]n2)cc(Oc2ccc(C)cc2)c1. The largest absolute Gasteiger partial charge is 0.457 e. The molecule has 0 saturated heterocycles. The second kappa shape index (κ2) is 7.13. The van der Waals surface area contributed by atoms with Gasteiger partial charge in [0.1, 0.15) is 11.5 Å². The summed E-state index contributed by atoms with van der Waals surface area (Å²) in [6, 6.07) is 17.5. The summed E-state index contributed by atoms with van der Waals surface area (Å²) < 4.78 is 6.00. The first-order valence-corrected chi connectivity index (χ1v) is 8.04. The van der Waals surface area contributed by atoms with Gasteiger partial charge in [0, 0.05) is 12.5 Å². The van der Waals surface area contributed by atoms with Gasteiger partial charge in [0.15, 0.2) is 0 Å². The van der Waals surface area contributed by atoms with Gasteiger partial charge in [0.05, 0.1) is 5.69 Å². The summed E-state index contributed by atoms with van der Waals surface area (Å²) in [6.07, 6.45) is 1.58. The van der Waals surface area contributed by atoms with Gasteiger partial charge < -0.3 is 4.74 Å². The summed E-state index contributed by atoms with van der Waals surface area (Å²) in [5.41, 5.74) is 4.15. The highest BCUT2D eigenvalue weighted by atomic mass is 16.5. The smallest absolute Gasteiger partial charge is 0.264 e. The molecule has 24 heavy (non-hydrogen) atoms. The van der Waals surface area contributed by atoms with Crippen LogP contribution in [0.1, 0.15) is 29.3 Å². The van der Waals surface area contributed by atoms with E-state index in [0.29, 0.717) is 6.42 Å². The lowest BCUT2D eigenvalue weighted by Gasteiger charge is -2.10. The molecule has 1 aromatic heterocycles. The highest BCUT2D eigenvalue weighted by Crippen LogP contribution is 2.25. The molecule has 0 fully saturated rings. The fourth-order valence-corrected chi connectivity index (χ4v) is 2.52. The van der Waals surface area contributed by atoms with Crippen LogP contribution in [0.25, 0.3) is 0 Å². The van der Waals surface area contributed by atoms with E-state index in [0.717, 1.165) is 29.2 Å². The van der Waals surface area contributed by atoms with Gasteiger partial charge in [-0.2, -0.15) is 5.10 Å². The van der Waals surface area contributed by atoms with Gasteiger partial charge in [-0.1, -0.05) is 30.7 Å². The van der Waals surface area contributed by atoms with Crippen LogP contribution in [0.2, 0.25) is 0 Å². The topological polar surface area (TPSA) is 55.0 Å². The van der Waals surface area contributed by atoms with E-state index >= 15 is 0 Å². The van der Waals surface area contributed by atoms with Crippen LogP contribution < -0.4 is 10.3 Å². The van der Waals surface area contributed by atoms with Gasteiger partial charge in [-0.05, 0) is 54.8 Å². The Labute approximate surface area is 141 Å². The molecule has 2 aromatic carbocycles. The molecular formula is C20H20N2O2. The molecule has 4 nitrogen and oxygen atoms in total. The maximum atomic E-state index is 11.1. The van der Waals surface area contributed by atoms with Gasteiger partial charge in [0.2, 0.25) is 0 Å². The van der Waals surface area contributed by atoms with Crippen LogP contribution in [-0.2, 0) is 12.8 Å². The molecule has 0 atom stereocenters. The van der Waals surface area contributed by atoms with Crippen LogP contribution in [0.5, 0.6) is 11.5 Å². The van der Waals surface area contributed by atoms with Crippen molar-refractivity contribution in [1.29, 1.82) is 0 Å². The van der Waals surface area contributed by atoms with E-state index in [-0.39, 0.29) is 5.56 Å². The van der Waals surface area contributed by atoms with Crippen molar-refractivity contribution in [2.24, 2.45) is 0 Å². The van der Waals surface area contributed by atoms with Crippen molar-refractivity contribution in [2.45, 2.75) is 26.7 Å². The summed E-state index contributed by atoms with van der Waals surface area (Å²) in [7, 11) is 0. The third-order valence-electron chi connectivity index (χ3n) is 3.81. The van der Waals surface area contributed by atoms with Gasteiger partial charge in [-0.3, -0.25) is 4.79 Å². The Morgan fingerprint density at radius 2 is 1.71 bits per heavy atom. The molecule has 0 unspecified atom stereocenters. The van der Waals surface area contributed by atoms with E-state index in [4.69, 9.17) is 4.74 Å². The number of H-pyrrole nitrogens is 1. The Morgan fingerprint density at radius 1 is 0.958 bits per heavy atom. The van der Waals surface area contributed by atoms with Crippen molar-refractivity contribution in [3.63, 3.8) is 0 Å². The van der Waals surface area contributed by atoms with Crippen LogP contribution >= 0.6 is 0 Å². The maximum absolute atomic E-state index is 11.1. The van der Waals surface area contributed by atoms with Crippen molar-refractivity contribution < 1.29 is 4.74 Å². The standard InChI is InChI=1S/C20H20N2O2/c1-3-15-10-16(11-17-6-9-20(23)22-21-17)13-19(12-15)24-18-7-4-14(2)5-8-18/h4-10,12-13H,3,11H2,1-2H3,(H,22,23). The predicted octanol–water partition coefficient (Wildman–Crippen LogP) is 4.02. The van der Waals surface area contributed by atoms with Crippen LogP contribution in [0, 0.1) is 6.92 Å². The molecule has 0 saturated carbocycles. The molecule has 0 radical (unpaired) electrons. The van der Waals surface area contributed by atoms with Crippen LogP contribution in [-0.4, -0.2) is 10.2 Å². The third kappa shape index (κ3) is 4.10. The first kappa shape index (κ1) is 16.0. The zero-order valence-corrected chi connectivity index (χ0v) is 13.9. The lowest BCUT2D eigenvalue weighted by atomic mass is 10.0. The van der Waals surface area contributed by atoms with Crippen molar-refractivity contribution >= 4 is 0 Å². The molecule has 122 valence electrons. The van der Waals surface area contributed by atoms with Gasteiger partial charge in [-0.25, -0.2) is 5.10 Å². The average Bonchev–Trinajstić information content (AvgIpc) is 2.59. The Morgan fingerprint density at radius 3 is 2.38 bits per heavy atom. The Balaban J connectivity index is 1.85. The first-order chi connectivity index (χ1) is 11.6. The van der Waals surface area contributed by atoms with E-state index in [1.54, 1.807) is 6.07 Å². The Kier molecular flexibility index (Phi) is 4.75. The molecule has 3 aromatic rings. The Bertz CT molecular complexity index is 862. The second-order valence-electron chi connectivity index (χ2n) is 5.84. The summed E-state index contributed by atoms with van der Waals surface area (Å²) in [6.45, 7) is 4.17. The number of nitrogens with one attached hydrogen (secondary N) is 1. The molecule has 1 N–H and O–H groups in total. The molecular weight excluding hydrogens is 300 g/mol. The molecule has 0 aliphatic heterocycles. The normalized spacial score (nSPS) is 10.6. The van der Waals surface area contributed by atoms with Crippen molar-refractivity contribution in [1.82, 2.24) is 10.2 Å². The molecule has 0 amide bonds. The lowest BCUT2D eigenvalue weighted by molar-refractivity contribution is 0.481. The Hall–Kier alpha value is -2.88. The van der Waals surface area contributed by atoms with Gasteiger partial charge >= 0.3 is 0 Å². The fraction of sp³-hybridized carbons (Fsp3) is 0.200. The second-order valence-corrected chi connectivity index (χ2v) is 5.84. The molecule has 4 heteroatoms. The number of aryl methyl sites for hydroxylation is 2.